The standard InChI is InChI=1S/C28H36FN5O5/c1-18-5-7-21(8-6-18)16-33(4)27(32-28(38)34(17-35)20(3)19(2)26(36)37)31-23-10-12-24(13-11-23)39-25-14-9-22(29)15-30-25/h9-15,17-21H,5-8,16H2,1-4H3,(H,36,37)(H,31,32,38)/t18?,19-,20+,21?/m1/s1. The van der Waals surface area contributed by atoms with Crippen LogP contribution < -0.4 is 10.1 Å². The Labute approximate surface area is 227 Å². The highest BCUT2D eigenvalue weighted by molar-refractivity contribution is 6.00. The molecule has 1 aliphatic rings. The van der Waals surface area contributed by atoms with Crippen LogP contribution in [0.4, 0.5) is 14.9 Å². The van der Waals surface area contributed by atoms with E-state index in [1.807, 2.05) is 11.9 Å². The second-order valence-electron chi connectivity index (χ2n) is 10.2. The van der Waals surface area contributed by atoms with Gasteiger partial charge in [0.05, 0.1) is 23.8 Å². The molecule has 2 N–H and O–H groups in total. The summed E-state index contributed by atoms with van der Waals surface area (Å²) in [5.41, 5.74) is 0.512. The fraction of sp³-hybridized carbons (Fsp3) is 0.464. The number of amides is 3. The molecule has 2 aromatic rings. The minimum atomic E-state index is -1.11. The Hall–Kier alpha value is -4.02. The second kappa shape index (κ2) is 13.7. The highest BCUT2D eigenvalue weighted by Crippen LogP contribution is 2.29. The molecule has 10 nitrogen and oxygen atoms in total. The summed E-state index contributed by atoms with van der Waals surface area (Å²) in [6, 6.07) is 7.74. The number of pyridine rings is 1. The van der Waals surface area contributed by atoms with Gasteiger partial charge in [-0.1, -0.05) is 19.8 Å². The topological polar surface area (TPSA) is 124 Å². The Kier molecular flexibility index (Phi) is 10.4. The largest absolute Gasteiger partial charge is 0.481 e. The van der Waals surface area contributed by atoms with Gasteiger partial charge in [0.2, 0.25) is 18.2 Å². The number of benzene rings is 1. The minimum Gasteiger partial charge on any atom is -0.481 e. The summed E-state index contributed by atoms with van der Waals surface area (Å²) in [5, 5.41) is 12.0. The van der Waals surface area contributed by atoms with E-state index in [9.17, 15) is 23.9 Å². The van der Waals surface area contributed by atoms with Gasteiger partial charge in [0.25, 0.3) is 0 Å². The zero-order valence-corrected chi connectivity index (χ0v) is 22.7. The van der Waals surface area contributed by atoms with Crippen molar-refractivity contribution in [3.63, 3.8) is 0 Å². The van der Waals surface area contributed by atoms with Crippen LogP contribution in [0.3, 0.4) is 0 Å². The maximum Gasteiger partial charge on any atom is 0.330 e. The molecule has 11 heteroatoms. The van der Waals surface area contributed by atoms with Gasteiger partial charge in [-0.25, -0.2) is 19.2 Å². The number of rotatable bonds is 9. The lowest BCUT2D eigenvalue weighted by molar-refractivity contribution is -0.143. The van der Waals surface area contributed by atoms with E-state index in [2.05, 4.69) is 22.2 Å². The lowest BCUT2D eigenvalue weighted by atomic mass is 9.83. The van der Waals surface area contributed by atoms with Crippen molar-refractivity contribution in [3.8, 4) is 11.6 Å². The molecule has 0 radical (unpaired) electrons. The van der Waals surface area contributed by atoms with Crippen LogP contribution in [0.5, 0.6) is 11.6 Å². The average Bonchev–Trinajstić information content (AvgIpc) is 2.91. The van der Waals surface area contributed by atoms with Crippen LogP contribution in [-0.4, -0.2) is 63.9 Å². The smallest absolute Gasteiger partial charge is 0.330 e. The van der Waals surface area contributed by atoms with Crippen LogP contribution in [0.15, 0.2) is 47.6 Å². The molecule has 1 aromatic heterocycles. The van der Waals surface area contributed by atoms with Crippen molar-refractivity contribution in [2.24, 2.45) is 22.7 Å². The molecule has 1 aliphatic carbocycles. The Balaban J connectivity index is 1.80. The number of aliphatic carboxylic acids is 1. The van der Waals surface area contributed by atoms with Crippen LogP contribution in [0, 0.1) is 23.6 Å². The third kappa shape index (κ3) is 8.49. The molecule has 0 saturated heterocycles. The number of carboxylic acids is 1. The number of ether oxygens (including phenoxy) is 1. The van der Waals surface area contributed by atoms with E-state index in [1.165, 1.54) is 26.0 Å². The molecule has 2 atom stereocenters. The summed E-state index contributed by atoms with van der Waals surface area (Å²) in [6.45, 7) is 5.85. The number of carbonyl (C=O) groups is 3. The van der Waals surface area contributed by atoms with Gasteiger partial charge in [0.15, 0.2) is 0 Å². The minimum absolute atomic E-state index is 0.231. The predicted molar refractivity (Wildman–Crippen MR) is 144 cm³/mol. The van der Waals surface area contributed by atoms with Gasteiger partial charge >= 0.3 is 12.0 Å². The number of carboxylic acid groups (broad SMARTS) is 1. The van der Waals surface area contributed by atoms with E-state index in [1.54, 1.807) is 24.3 Å². The number of guanidine groups is 1. The van der Waals surface area contributed by atoms with Crippen LogP contribution >= 0.6 is 0 Å². The molecule has 1 aromatic carbocycles. The van der Waals surface area contributed by atoms with E-state index >= 15 is 0 Å². The number of urea groups is 1. The van der Waals surface area contributed by atoms with Crippen LogP contribution in [0.25, 0.3) is 0 Å². The number of aromatic nitrogens is 1. The van der Waals surface area contributed by atoms with Crippen LogP contribution in [-0.2, 0) is 9.59 Å². The first kappa shape index (κ1) is 29.5. The number of aliphatic imine (C=N–C) groups is 1. The normalized spacial score (nSPS) is 18.9. The number of nitrogens with zero attached hydrogens (tertiary/aromatic N) is 4. The fourth-order valence-electron chi connectivity index (χ4n) is 4.38. The van der Waals surface area contributed by atoms with E-state index < -0.39 is 29.8 Å². The molecule has 0 unspecified atom stereocenters. The summed E-state index contributed by atoms with van der Waals surface area (Å²) in [5.74, 6) is -0.468. The highest BCUT2D eigenvalue weighted by Gasteiger charge is 2.30. The molecule has 3 rings (SSSR count). The zero-order chi connectivity index (χ0) is 28.5. The van der Waals surface area contributed by atoms with Gasteiger partial charge in [-0.15, -0.1) is 0 Å². The summed E-state index contributed by atoms with van der Waals surface area (Å²) in [7, 11) is 1.82. The summed E-state index contributed by atoms with van der Waals surface area (Å²) in [6.07, 6.45) is 5.83. The lowest BCUT2D eigenvalue weighted by Crippen LogP contribution is -2.53. The third-order valence-corrected chi connectivity index (χ3v) is 7.14. The van der Waals surface area contributed by atoms with E-state index in [0.717, 1.165) is 36.8 Å². The van der Waals surface area contributed by atoms with Crippen molar-refractivity contribution in [2.75, 3.05) is 13.6 Å². The van der Waals surface area contributed by atoms with Gasteiger partial charge in [0.1, 0.15) is 11.6 Å². The van der Waals surface area contributed by atoms with E-state index in [0.29, 0.717) is 36.2 Å². The maximum absolute atomic E-state index is 13.1. The number of hydrogen-bond acceptors (Lipinski definition) is 6. The van der Waals surface area contributed by atoms with Gasteiger partial charge in [-0.2, -0.15) is 0 Å². The SMILES string of the molecule is CC1CCC(CN(C)C(=Nc2ccc(Oc3ccc(F)cn3)cc2)NC(=O)N(C=O)[C@@H](C)[C@@H](C)C(=O)O)CC1. The molecule has 0 bridgehead atoms. The zero-order valence-electron chi connectivity index (χ0n) is 22.7. The predicted octanol–water partition coefficient (Wildman–Crippen LogP) is 5.04. The summed E-state index contributed by atoms with van der Waals surface area (Å²) >= 11 is 0. The quantitative estimate of drug-likeness (QED) is 0.259. The molecular weight excluding hydrogens is 505 g/mol. The fourth-order valence-corrected chi connectivity index (χ4v) is 4.38. The molecule has 1 saturated carbocycles. The Morgan fingerprint density at radius 1 is 1.18 bits per heavy atom. The van der Waals surface area contributed by atoms with E-state index in [4.69, 9.17) is 4.74 Å². The number of carbonyl (C=O) groups excluding carboxylic acids is 2. The highest BCUT2D eigenvalue weighted by atomic mass is 19.1. The second-order valence-corrected chi connectivity index (χ2v) is 10.2. The number of halogens is 1. The molecule has 3 amide bonds. The number of nitrogens with one attached hydrogen (secondary N) is 1. The third-order valence-electron chi connectivity index (χ3n) is 7.14. The summed E-state index contributed by atoms with van der Waals surface area (Å²) < 4.78 is 18.7. The van der Waals surface area contributed by atoms with Crippen LogP contribution in [0.2, 0.25) is 0 Å². The van der Waals surface area contributed by atoms with Crippen molar-refractivity contribution in [3.05, 3.63) is 48.4 Å². The molecule has 0 aliphatic heterocycles. The number of hydrogen-bond donors (Lipinski definition) is 2. The van der Waals surface area contributed by atoms with Crippen molar-refractivity contribution in [1.82, 2.24) is 20.1 Å². The first-order valence-corrected chi connectivity index (χ1v) is 13.0. The van der Waals surface area contributed by atoms with Crippen LogP contribution in [0.1, 0.15) is 46.5 Å². The van der Waals surface area contributed by atoms with Crippen molar-refractivity contribution in [2.45, 2.75) is 52.5 Å². The van der Waals surface area contributed by atoms with Gasteiger partial charge in [0, 0.05) is 19.7 Å². The molecule has 210 valence electrons. The molecule has 0 spiro atoms. The monoisotopic (exact) mass is 541 g/mol. The van der Waals surface area contributed by atoms with E-state index in [-0.39, 0.29) is 11.8 Å². The van der Waals surface area contributed by atoms with Gasteiger partial charge < -0.3 is 14.7 Å². The molecule has 1 heterocycles. The van der Waals surface area contributed by atoms with Gasteiger partial charge in [-0.3, -0.25) is 19.8 Å². The average molecular weight is 542 g/mol. The first-order chi connectivity index (χ1) is 18.6. The summed E-state index contributed by atoms with van der Waals surface area (Å²) in [4.78, 5) is 47.4. The lowest BCUT2D eigenvalue weighted by Gasteiger charge is -2.32. The van der Waals surface area contributed by atoms with Crippen molar-refractivity contribution in [1.29, 1.82) is 0 Å². The molecular formula is C28H36FN5O5. The Bertz CT molecular complexity index is 1150. The molecule has 1 fully saturated rings. The van der Waals surface area contributed by atoms with Crippen molar-refractivity contribution >= 4 is 30.1 Å². The number of imide groups is 1. The first-order valence-electron chi connectivity index (χ1n) is 13.0. The van der Waals surface area contributed by atoms with Crippen molar-refractivity contribution < 1.29 is 28.6 Å². The van der Waals surface area contributed by atoms with Gasteiger partial charge in [-0.05, 0) is 68.9 Å². The Morgan fingerprint density at radius 3 is 2.41 bits per heavy atom. The Morgan fingerprint density at radius 2 is 1.85 bits per heavy atom. The molecule has 39 heavy (non-hydrogen) atoms. The maximum atomic E-state index is 13.1.